The van der Waals surface area contributed by atoms with E-state index in [0.29, 0.717) is 12.5 Å². The van der Waals surface area contributed by atoms with E-state index in [9.17, 15) is 14.4 Å². The number of aromatic nitrogens is 2. The summed E-state index contributed by atoms with van der Waals surface area (Å²) in [5, 5.41) is 2.90. The van der Waals surface area contributed by atoms with Crippen LogP contribution in [0.25, 0.3) is 0 Å². The van der Waals surface area contributed by atoms with Crippen LogP contribution in [0.3, 0.4) is 0 Å². The second-order valence-corrected chi connectivity index (χ2v) is 5.57. The molecule has 1 fully saturated rings. The highest BCUT2D eigenvalue weighted by Gasteiger charge is 2.41. The first-order chi connectivity index (χ1) is 9.37. The molecule has 1 aliphatic carbocycles. The van der Waals surface area contributed by atoms with Crippen molar-refractivity contribution in [2.24, 2.45) is 18.7 Å². The van der Waals surface area contributed by atoms with E-state index >= 15 is 0 Å². The second kappa shape index (κ2) is 6.44. The molecule has 0 aromatic carbocycles. The molecule has 1 saturated carbocycles. The van der Waals surface area contributed by atoms with Gasteiger partial charge in [0.1, 0.15) is 6.54 Å². The predicted molar refractivity (Wildman–Crippen MR) is 81.5 cm³/mol. The normalized spacial score (nSPS) is 16.7. The molecular formula is C13H21ClN4O3. The fourth-order valence-corrected chi connectivity index (χ4v) is 2.29. The Morgan fingerprint density at radius 1 is 1.48 bits per heavy atom. The maximum Gasteiger partial charge on any atom is 0.331 e. The highest BCUT2D eigenvalue weighted by atomic mass is 35.5. The van der Waals surface area contributed by atoms with Crippen molar-refractivity contribution >= 4 is 18.3 Å². The molecule has 3 N–H and O–H groups in total. The number of rotatable bonds is 5. The lowest BCUT2D eigenvalue weighted by Gasteiger charge is -2.29. The van der Waals surface area contributed by atoms with Gasteiger partial charge in [0.25, 0.3) is 5.56 Å². The van der Waals surface area contributed by atoms with E-state index in [4.69, 9.17) is 5.73 Å². The van der Waals surface area contributed by atoms with Crippen molar-refractivity contribution in [3.05, 3.63) is 33.1 Å². The Kier molecular flexibility index (Phi) is 5.36. The van der Waals surface area contributed by atoms with Gasteiger partial charge in [0.15, 0.2) is 0 Å². The van der Waals surface area contributed by atoms with Gasteiger partial charge in [-0.3, -0.25) is 18.7 Å². The van der Waals surface area contributed by atoms with E-state index in [2.05, 4.69) is 5.32 Å². The fourth-order valence-electron chi connectivity index (χ4n) is 2.29. The summed E-state index contributed by atoms with van der Waals surface area (Å²) in [7, 11) is 1.38. The molecule has 1 heterocycles. The minimum atomic E-state index is -0.506. The summed E-state index contributed by atoms with van der Waals surface area (Å²) >= 11 is 0. The van der Waals surface area contributed by atoms with Crippen LogP contribution in [-0.2, 0) is 18.4 Å². The number of nitrogens with two attached hydrogens (primary N) is 1. The Labute approximate surface area is 128 Å². The number of hydrogen-bond acceptors (Lipinski definition) is 4. The molecule has 1 atom stereocenters. The number of carbonyl (C=O) groups is 1. The summed E-state index contributed by atoms with van der Waals surface area (Å²) in [6.45, 7) is 2.17. The van der Waals surface area contributed by atoms with Crippen LogP contribution in [0.5, 0.6) is 0 Å². The van der Waals surface area contributed by atoms with Crippen LogP contribution in [0, 0.1) is 5.92 Å². The van der Waals surface area contributed by atoms with E-state index < -0.39 is 16.8 Å². The Bertz CT molecular complexity index is 635. The molecule has 0 bridgehead atoms. The van der Waals surface area contributed by atoms with Crippen molar-refractivity contribution in [1.29, 1.82) is 0 Å². The Morgan fingerprint density at radius 2 is 2.10 bits per heavy atom. The molecule has 0 radical (unpaired) electrons. The molecule has 0 aliphatic heterocycles. The first kappa shape index (κ1) is 17.5. The van der Waals surface area contributed by atoms with E-state index in [0.717, 1.165) is 17.4 Å². The molecule has 0 saturated heterocycles. The molecule has 1 aliphatic rings. The smallest absolute Gasteiger partial charge is 0.331 e. The first-order valence-electron chi connectivity index (χ1n) is 6.65. The number of nitrogens with one attached hydrogen (secondary N) is 1. The number of amides is 1. The van der Waals surface area contributed by atoms with Gasteiger partial charge in [0.2, 0.25) is 5.91 Å². The summed E-state index contributed by atoms with van der Waals surface area (Å²) in [5.41, 5.74) is 4.42. The molecule has 2 rings (SSSR count). The van der Waals surface area contributed by atoms with Crippen LogP contribution < -0.4 is 22.3 Å². The monoisotopic (exact) mass is 316 g/mol. The van der Waals surface area contributed by atoms with Gasteiger partial charge in [-0.15, -0.1) is 12.4 Å². The molecular weight excluding hydrogens is 296 g/mol. The van der Waals surface area contributed by atoms with Crippen molar-refractivity contribution in [3.8, 4) is 0 Å². The zero-order valence-electron chi connectivity index (χ0n) is 12.2. The fraction of sp³-hybridized carbons (Fsp3) is 0.615. The Hall–Kier alpha value is -1.60. The van der Waals surface area contributed by atoms with E-state index in [-0.39, 0.29) is 24.9 Å². The topological polar surface area (TPSA) is 99.1 Å². The largest absolute Gasteiger partial charge is 0.348 e. The number of nitrogens with zero attached hydrogens (tertiary/aromatic N) is 2. The van der Waals surface area contributed by atoms with Gasteiger partial charge >= 0.3 is 5.69 Å². The van der Waals surface area contributed by atoms with Crippen LogP contribution in [0.2, 0.25) is 0 Å². The number of halogens is 1. The van der Waals surface area contributed by atoms with Gasteiger partial charge < -0.3 is 11.1 Å². The van der Waals surface area contributed by atoms with Gasteiger partial charge in [-0.25, -0.2) is 4.79 Å². The third kappa shape index (κ3) is 3.74. The van der Waals surface area contributed by atoms with Gasteiger partial charge in [0.05, 0.1) is 5.54 Å². The first-order valence-corrected chi connectivity index (χ1v) is 6.65. The maximum atomic E-state index is 12.1. The third-order valence-electron chi connectivity index (χ3n) is 3.90. The summed E-state index contributed by atoms with van der Waals surface area (Å²) in [5.74, 6) is 0.138. The summed E-state index contributed by atoms with van der Waals surface area (Å²) in [6, 6.07) is 1.26. The average Bonchev–Trinajstić information content (AvgIpc) is 3.24. The van der Waals surface area contributed by atoms with Gasteiger partial charge in [-0.2, -0.15) is 0 Å². The predicted octanol–water partition coefficient (Wildman–Crippen LogP) is -0.788. The molecule has 1 unspecified atom stereocenters. The zero-order valence-corrected chi connectivity index (χ0v) is 13.0. The van der Waals surface area contributed by atoms with Crippen molar-refractivity contribution in [3.63, 3.8) is 0 Å². The molecule has 0 spiro atoms. The van der Waals surface area contributed by atoms with Crippen molar-refractivity contribution in [2.75, 3.05) is 6.54 Å². The van der Waals surface area contributed by atoms with Crippen LogP contribution in [0.1, 0.15) is 19.8 Å². The molecule has 21 heavy (non-hydrogen) atoms. The van der Waals surface area contributed by atoms with Gasteiger partial charge in [0, 0.05) is 25.9 Å². The zero-order chi connectivity index (χ0) is 14.9. The van der Waals surface area contributed by atoms with Gasteiger partial charge in [-0.05, 0) is 25.7 Å². The minimum Gasteiger partial charge on any atom is -0.348 e. The lowest BCUT2D eigenvalue weighted by molar-refractivity contribution is -0.123. The van der Waals surface area contributed by atoms with Crippen LogP contribution >= 0.6 is 12.4 Å². The molecule has 118 valence electrons. The van der Waals surface area contributed by atoms with Crippen LogP contribution in [0.15, 0.2) is 21.9 Å². The highest BCUT2D eigenvalue weighted by molar-refractivity contribution is 5.85. The Morgan fingerprint density at radius 3 is 2.62 bits per heavy atom. The van der Waals surface area contributed by atoms with Gasteiger partial charge in [-0.1, -0.05) is 0 Å². The van der Waals surface area contributed by atoms with Crippen LogP contribution in [0.4, 0.5) is 0 Å². The lowest BCUT2D eigenvalue weighted by atomic mass is 9.96. The lowest BCUT2D eigenvalue weighted by Crippen LogP contribution is -2.54. The minimum absolute atomic E-state index is 0. The SMILES string of the molecule is Cl.Cn1c(=O)ccn(CC(=O)NC(C)(CN)C2CC2)c1=O. The summed E-state index contributed by atoms with van der Waals surface area (Å²) < 4.78 is 2.18. The third-order valence-corrected chi connectivity index (χ3v) is 3.90. The average molecular weight is 317 g/mol. The number of carbonyl (C=O) groups excluding carboxylic acids is 1. The molecule has 1 aromatic heterocycles. The van der Waals surface area contributed by atoms with E-state index in [1.165, 1.54) is 23.9 Å². The van der Waals surface area contributed by atoms with E-state index in [1.54, 1.807) is 0 Å². The Balaban J connectivity index is 0.00000220. The van der Waals surface area contributed by atoms with Crippen molar-refractivity contribution in [1.82, 2.24) is 14.5 Å². The second-order valence-electron chi connectivity index (χ2n) is 5.57. The standard InChI is InChI=1S/C13H20N4O3.ClH/c1-13(8-14,9-3-4-9)15-10(18)7-17-6-5-11(19)16(2)12(17)20;/h5-6,9H,3-4,7-8,14H2,1-2H3,(H,15,18);1H. The highest BCUT2D eigenvalue weighted by Crippen LogP contribution is 2.38. The van der Waals surface area contributed by atoms with Crippen molar-refractivity contribution < 1.29 is 4.79 Å². The molecule has 7 nitrogen and oxygen atoms in total. The molecule has 8 heteroatoms. The maximum absolute atomic E-state index is 12.1. The van der Waals surface area contributed by atoms with E-state index in [1.807, 2.05) is 6.92 Å². The molecule has 1 aromatic rings. The molecule has 1 amide bonds. The van der Waals surface area contributed by atoms with Crippen molar-refractivity contribution in [2.45, 2.75) is 31.8 Å². The summed E-state index contributed by atoms with van der Waals surface area (Å²) in [4.78, 5) is 35.2. The summed E-state index contributed by atoms with van der Waals surface area (Å²) in [6.07, 6.45) is 3.46. The van der Waals surface area contributed by atoms with Crippen LogP contribution in [-0.4, -0.2) is 27.1 Å². The quantitative estimate of drug-likeness (QED) is 0.744. The number of hydrogen-bond donors (Lipinski definition) is 2.